The van der Waals surface area contributed by atoms with Gasteiger partial charge in [0.2, 0.25) is 5.60 Å². The highest BCUT2D eigenvalue weighted by Gasteiger charge is 2.52. The largest absolute Gasteiger partial charge is 0.464 e. The highest BCUT2D eigenvalue weighted by molar-refractivity contribution is 9.10. The van der Waals surface area contributed by atoms with Crippen LogP contribution in [0.15, 0.2) is 40.9 Å². The summed E-state index contributed by atoms with van der Waals surface area (Å²) in [5.74, 6) is -0.380. The minimum absolute atomic E-state index is 0.0637. The number of rotatable bonds is 2. The fourth-order valence-electron chi connectivity index (χ4n) is 2.67. The first-order valence-electron chi connectivity index (χ1n) is 6.41. The Morgan fingerprint density at radius 1 is 1.41 bits per heavy atom. The number of hydrogen-bond acceptors (Lipinski definition) is 3. The monoisotopic (exact) mass is 381 g/mol. The summed E-state index contributed by atoms with van der Waals surface area (Å²) >= 11 is 9.23. The lowest BCUT2D eigenvalue weighted by Crippen LogP contribution is -2.34. The quantitative estimate of drug-likeness (QED) is 0.705. The van der Waals surface area contributed by atoms with E-state index in [-0.39, 0.29) is 10.8 Å². The van der Waals surface area contributed by atoms with Crippen molar-refractivity contribution in [2.45, 2.75) is 11.7 Å². The summed E-state index contributed by atoms with van der Waals surface area (Å²) in [6.07, 6.45) is -0.734. The molecule has 1 heterocycles. The number of nitrogens with zero attached hydrogens (tertiary/aromatic N) is 1. The van der Waals surface area contributed by atoms with Gasteiger partial charge in [0.25, 0.3) is 0 Å². The van der Waals surface area contributed by atoms with E-state index in [9.17, 15) is 9.65 Å². The molecule has 1 aliphatic heterocycles. The molecule has 3 rings (SSSR count). The zero-order valence-electron chi connectivity index (χ0n) is 11.4. The first-order chi connectivity index (χ1) is 10.5. The van der Waals surface area contributed by atoms with E-state index < -0.39 is 17.5 Å². The normalized spacial score (nSPS) is 22.8. The average Bonchev–Trinajstić information content (AvgIpc) is 2.88. The third-order valence-electron chi connectivity index (χ3n) is 3.67. The van der Waals surface area contributed by atoms with Gasteiger partial charge in [-0.25, -0.2) is 4.39 Å². The molecule has 0 spiro atoms. The van der Waals surface area contributed by atoms with Gasteiger partial charge < -0.3 is 9.47 Å². The van der Waals surface area contributed by atoms with Gasteiger partial charge in [-0.2, -0.15) is 5.26 Å². The minimum atomic E-state index is -1.39. The summed E-state index contributed by atoms with van der Waals surface area (Å²) in [6, 6.07) is 12.3. The van der Waals surface area contributed by atoms with Crippen LogP contribution in [0.1, 0.15) is 17.2 Å². The number of methoxy groups -OCH3 is 1. The van der Waals surface area contributed by atoms with Gasteiger partial charge in [0.1, 0.15) is 23.7 Å². The molecule has 0 aromatic heterocycles. The summed E-state index contributed by atoms with van der Waals surface area (Å²) in [5, 5.41) is 9.71. The first-order valence-corrected chi connectivity index (χ1v) is 7.58. The molecule has 0 amide bonds. The van der Waals surface area contributed by atoms with Crippen LogP contribution in [0.2, 0.25) is 5.02 Å². The van der Waals surface area contributed by atoms with Crippen LogP contribution < -0.4 is 4.74 Å². The Kier molecular flexibility index (Phi) is 3.85. The lowest BCUT2D eigenvalue weighted by Gasteiger charge is -2.27. The smallest absolute Gasteiger partial charge is 0.249 e. The molecule has 6 heteroatoms. The maximum atomic E-state index is 13.9. The van der Waals surface area contributed by atoms with E-state index in [2.05, 4.69) is 22.0 Å². The molecular formula is C16H10BrClFNO2. The summed E-state index contributed by atoms with van der Waals surface area (Å²) in [4.78, 5) is 0. The average molecular weight is 383 g/mol. The van der Waals surface area contributed by atoms with Gasteiger partial charge in [0, 0.05) is 28.8 Å². The zero-order chi connectivity index (χ0) is 15.9. The van der Waals surface area contributed by atoms with Crippen molar-refractivity contribution < 1.29 is 13.9 Å². The molecule has 1 aliphatic rings. The topological polar surface area (TPSA) is 42.2 Å². The zero-order valence-corrected chi connectivity index (χ0v) is 13.8. The molecule has 2 aromatic rings. The number of hydrogen-bond donors (Lipinski definition) is 0. The van der Waals surface area contributed by atoms with Crippen molar-refractivity contribution >= 4 is 27.5 Å². The van der Waals surface area contributed by atoms with Crippen LogP contribution in [-0.4, -0.2) is 7.11 Å². The lowest BCUT2D eigenvalue weighted by molar-refractivity contribution is -0.0194. The van der Waals surface area contributed by atoms with E-state index in [1.807, 2.05) is 6.07 Å². The van der Waals surface area contributed by atoms with Crippen molar-refractivity contribution in [2.24, 2.45) is 0 Å². The fraction of sp³-hybridized carbons (Fsp3) is 0.188. The summed E-state index contributed by atoms with van der Waals surface area (Å²) < 4.78 is 25.5. The highest BCUT2D eigenvalue weighted by atomic mass is 79.9. The highest BCUT2D eigenvalue weighted by Crippen LogP contribution is 2.54. The number of fused-ring (bicyclic) bond motifs is 1. The molecule has 0 saturated heterocycles. The predicted molar refractivity (Wildman–Crippen MR) is 83.2 cm³/mol. The SMILES string of the molecule is CO[C@H]1c2c(cc(F)c(Cl)c2Br)O[C@]1(C#N)c1ccccc1. The number of benzene rings is 2. The van der Waals surface area contributed by atoms with E-state index in [1.165, 1.54) is 13.2 Å². The number of ether oxygens (including phenoxy) is 2. The Labute approximate surface area is 140 Å². The van der Waals surface area contributed by atoms with Crippen molar-refractivity contribution in [1.29, 1.82) is 5.26 Å². The van der Waals surface area contributed by atoms with Crippen molar-refractivity contribution in [3.63, 3.8) is 0 Å². The second-order valence-corrected chi connectivity index (χ2v) is 6.00. The minimum Gasteiger partial charge on any atom is -0.464 e. The third-order valence-corrected chi connectivity index (χ3v) is 5.09. The van der Waals surface area contributed by atoms with Crippen molar-refractivity contribution in [1.82, 2.24) is 0 Å². The van der Waals surface area contributed by atoms with Crippen LogP contribution in [0, 0.1) is 17.1 Å². The van der Waals surface area contributed by atoms with Crippen LogP contribution in [0.25, 0.3) is 0 Å². The molecule has 2 aromatic carbocycles. The van der Waals surface area contributed by atoms with Crippen LogP contribution in [0.5, 0.6) is 5.75 Å². The summed E-state index contributed by atoms with van der Waals surface area (Å²) in [7, 11) is 1.47. The maximum absolute atomic E-state index is 13.9. The van der Waals surface area contributed by atoms with Gasteiger partial charge in [0.05, 0.1) is 5.02 Å². The molecule has 0 N–H and O–H groups in total. The predicted octanol–water partition coefficient (Wildman–Crippen LogP) is 4.74. The van der Waals surface area contributed by atoms with Crippen molar-refractivity contribution in [2.75, 3.05) is 7.11 Å². The number of halogens is 3. The molecule has 3 nitrogen and oxygen atoms in total. The van der Waals surface area contributed by atoms with Gasteiger partial charge in [-0.3, -0.25) is 0 Å². The first kappa shape index (κ1) is 15.3. The summed E-state index contributed by atoms with van der Waals surface area (Å²) in [5.41, 5.74) is -0.235. The van der Waals surface area contributed by atoms with Gasteiger partial charge in [-0.05, 0) is 15.9 Å². The van der Waals surface area contributed by atoms with Crippen molar-refractivity contribution in [3.05, 3.63) is 62.8 Å². The van der Waals surface area contributed by atoms with Gasteiger partial charge in [0.15, 0.2) is 0 Å². The standard InChI is InChI=1S/C16H10BrClFNO2/c1-21-15-12-11(7-10(19)14(18)13(12)17)22-16(15,8-20)9-5-3-2-4-6-9/h2-7,15H,1H3/t15-,16+/m0/s1. The summed E-state index contributed by atoms with van der Waals surface area (Å²) in [6.45, 7) is 0. The van der Waals surface area contributed by atoms with Crippen LogP contribution in [-0.2, 0) is 10.3 Å². The number of nitriles is 1. The maximum Gasteiger partial charge on any atom is 0.249 e. The molecular weight excluding hydrogens is 373 g/mol. The van der Waals surface area contributed by atoms with Gasteiger partial charge >= 0.3 is 0 Å². The van der Waals surface area contributed by atoms with Gasteiger partial charge in [-0.1, -0.05) is 41.9 Å². The molecule has 0 saturated carbocycles. The van der Waals surface area contributed by atoms with E-state index in [1.54, 1.807) is 24.3 Å². The Morgan fingerprint density at radius 3 is 2.68 bits per heavy atom. The molecule has 0 bridgehead atoms. The molecule has 0 aliphatic carbocycles. The van der Waals surface area contributed by atoms with E-state index in [0.717, 1.165) is 0 Å². The van der Waals surface area contributed by atoms with Crippen molar-refractivity contribution in [3.8, 4) is 11.8 Å². The Hall–Kier alpha value is -1.61. The van der Waals surface area contributed by atoms with Gasteiger partial charge in [-0.15, -0.1) is 0 Å². The Morgan fingerprint density at radius 2 is 2.09 bits per heavy atom. The van der Waals surface area contributed by atoms with E-state index in [0.29, 0.717) is 15.6 Å². The van der Waals surface area contributed by atoms with E-state index in [4.69, 9.17) is 21.1 Å². The fourth-order valence-corrected chi connectivity index (χ4v) is 3.42. The van der Waals surface area contributed by atoms with Crippen LogP contribution in [0.4, 0.5) is 4.39 Å². The second-order valence-electron chi connectivity index (χ2n) is 4.83. The molecule has 0 unspecified atom stereocenters. The Balaban J connectivity index is 2.25. The second kappa shape index (κ2) is 5.54. The van der Waals surface area contributed by atoms with Crippen LogP contribution in [0.3, 0.4) is 0 Å². The molecule has 0 fully saturated rings. The lowest BCUT2D eigenvalue weighted by atomic mass is 9.87. The van der Waals surface area contributed by atoms with E-state index >= 15 is 0 Å². The Bertz CT molecular complexity index is 778. The third kappa shape index (κ3) is 2.03. The molecule has 22 heavy (non-hydrogen) atoms. The van der Waals surface area contributed by atoms with Crippen LogP contribution >= 0.6 is 27.5 Å². The molecule has 2 atom stereocenters. The molecule has 0 radical (unpaired) electrons. The molecule has 112 valence electrons.